The molecule has 1 fully saturated rings. The zero-order chi connectivity index (χ0) is 26.7. The summed E-state index contributed by atoms with van der Waals surface area (Å²) in [4.78, 5) is 41.2. The van der Waals surface area contributed by atoms with Gasteiger partial charge in [0.05, 0.1) is 5.69 Å². The molecule has 1 heterocycles. The Kier molecular flexibility index (Phi) is 7.77. The second-order valence-electron chi connectivity index (χ2n) is 9.50. The van der Waals surface area contributed by atoms with Crippen molar-refractivity contribution < 1.29 is 19.5 Å². The van der Waals surface area contributed by atoms with E-state index in [1.165, 1.54) is 17.0 Å². The van der Waals surface area contributed by atoms with E-state index in [4.69, 9.17) is 11.5 Å². The molecule has 0 saturated heterocycles. The van der Waals surface area contributed by atoms with Crippen LogP contribution in [0.2, 0.25) is 0 Å². The van der Waals surface area contributed by atoms with E-state index in [1.807, 2.05) is 32.0 Å². The van der Waals surface area contributed by atoms with Crippen LogP contribution in [0.5, 0.6) is 5.75 Å². The molecule has 4 rings (SSSR count). The zero-order valence-corrected chi connectivity index (χ0v) is 21.7. The summed E-state index contributed by atoms with van der Waals surface area (Å²) in [6.45, 7) is 3.81. The van der Waals surface area contributed by atoms with Crippen molar-refractivity contribution in [1.29, 1.82) is 0 Å². The molecule has 0 bridgehead atoms. The minimum absolute atomic E-state index is 0.00648. The highest BCUT2D eigenvalue weighted by Gasteiger charge is 2.37. The summed E-state index contributed by atoms with van der Waals surface area (Å²) in [5.74, 6) is -1.72. The molecule has 2 aromatic carbocycles. The maximum absolute atomic E-state index is 14.1. The van der Waals surface area contributed by atoms with E-state index < -0.39 is 17.9 Å². The molecule has 1 atom stereocenters. The molecule has 1 aliphatic rings. The summed E-state index contributed by atoms with van der Waals surface area (Å²) >= 11 is 0.768. The number of primary amides is 1. The van der Waals surface area contributed by atoms with Gasteiger partial charge in [0.1, 0.15) is 16.7 Å². The number of anilines is 2. The molecule has 1 aromatic heterocycles. The van der Waals surface area contributed by atoms with Gasteiger partial charge in [0.25, 0.3) is 11.8 Å². The number of aromatic hydroxyl groups is 1. The number of carbonyl (C=O) groups is 3. The summed E-state index contributed by atoms with van der Waals surface area (Å²) in [5.41, 5.74) is 14.0. The van der Waals surface area contributed by atoms with Crippen LogP contribution in [0.15, 0.2) is 42.5 Å². The zero-order valence-electron chi connectivity index (χ0n) is 20.9. The molecule has 0 radical (unpaired) electrons. The van der Waals surface area contributed by atoms with Gasteiger partial charge in [-0.1, -0.05) is 37.5 Å². The molecule has 3 amide bonds. The van der Waals surface area contributed by atoms with Gasteiger partial charge in [0, 0.05) is 11.7 Å². The van der Waals surface area contributed by atoms with E-state index in [2.05, 4.69) is 9.69 Å². The minimum atomic E-state index is -1.07. The van der Waals surface area contributed by atoms with Crippen molar-refractivity contribution in [3.8, 4) is 5.75 Å². The van der Waals surface area contributed by atoms with Crippen molar-refractivity contribution in [2.24, 2.45) is 5.73 Å². The van der Waals surface area contributed by atoms with Gasteiger partial charge >= 0.3 is 0 Å². The molecule has 9 nitrogen and oxygen atoms in total. The minimum Gasteiger partial charge on any atom is -0.508 e. The van der Waals surface area contributed by atoms with E-state index in [0.29, 0.717) is 11.3 Å². The number of aromatic nitrogens is 1. The summed E-state index contributed by atoms with van der Waals surface area (Å²) in [6, 6.07) is 10.7. The Labute approximate surface area is 219 Å². The Bertz CT molecular complexity index is 1290. The number of nitrogens with one attached hydrogen (secondary N) is 1. The first-order chi connectivity index (χ1) is 17.7. The Morgan fingerprint density at radius 1 is 1.05 bits per heavy atom. The smallest absolute Gasteiger partial charge is 0.273 e. The van der Waals surface area contributed by atoms with Gasteiger partial charge < -0.3 is 21.9 Å². The van der Waals surface area contributed by atoms with E-state index in [1.54, 1.807) is 12.1 Å². The number of hydrogen-bond acceptors (Lipinski definition) is 7. The van der Waals surface area contributed by atoms with Crippen molar-refractivity contribution in [2.45, 2.75) is 58.0 Å². The van der Waals surface area contributed by atoms with Crippen LogP contribution >= 0.6 is 11.5 Å². The second-order valence-corrected chi connectivity index (χ2v) is 10.3. The Balaban J connectivity index is 1.87. The molecule has 6 N–H and O–H groups in total. The average Bonchev–Trinajstić information content (AvgIpc) is 3.24. The van der Waals surface area contributed by atoms with Crippen molar-refractivity contribution in [2.75, 3.05) is 10.6 Å². The van der Waals surface area contributed by atoms with Gasteiger partial charge in [0.2, 0.25) is 5.91 Å². The van der Waals surface area contributed by atoms with E-state index in [-0.39, 0.29) is 34.0 Å². The number of nitrogens with two attached hydrogens (primary N) is 2. The molecular formula is C27H31N5O4S. The molecule has 37 heavy (non-hydrogen) atoms. The SMILES string of the molecule is Cc1cc(C)cc(N(C(=O)c2snc(C(N)=O)c2N)[C@H](C(=O)NC2CCCCC2)c2ccc(O)cc2)c1. The Morgan fingerprint density at radius 2 is 1.68 bits per heavy atom. The number of aryl methyl sites for hydroxylation is 2. The predicted molar refractivity (Wildman–Crippen MR) is 144 cm³/mol. The monoisotopic (exact) mass is 521 g/mol. The van der Waals surface area contributed by atoms with Crippen LogP contribution in [-0.4, -0.2) is 33.2 Å². The number of phenolic OH excluding ortho intramolecular Hbond substituents is 1. The predicted octanol–water partition coefficient (Wildman–Crippen LogP) is 3.98. The van der Waals surface area contributed by atoms with Crippen LogP contribution < -0.4 is 21.7 Å². The lowest BCUT2D eigenvalue weighted by Gasteiger charge is -2.33. The summed E-state index contributed by atoms with van der Waals surface area (Å²) in [6.07, 6.45) is 4.93. The van der Waals surface area contributed by atoms with E-state index in [0.717, 1.165) is 54.8 Å². The third kappa shape index (κ3) is 5.75. The van der Waals surface area contributed by atoms with Gasteiger partial charge in [-0.3, -0.25) is 19.3 Å². The lowest BCUT2D eigenvalue weighted by Crippen LogP contribution is -2.47. The van der Waals surface area contributed by atoms with Gasteiger partial charge in [-0.05, 0) is 79.2 Å². The molecule has 0 aliphatic heterocycles. The van der Waals surface area contributed by atoms with Crippen molar-refractivity contribution in [3.63, 3.8) is 0 Å². The number of phenols is 1. The van der Waals surface area contributed by atoms with Crippen LogP contribution in [0.1, 0.15) is 75.0 Å². The van der Waals surface area contributed by atoms with Crippen LogP contribution in [0.3, 0.4) is 0 Å². The Hall–Kier alpha value is -3.92. The number of rotatable bonds is 7. The number of hydrogen-bond donors (Lipinski definition) is 4. The lowest BCUT2D eigenvalue weighted by atomic mass is 9.94. The molecule has 1 aliphatic carbocycles. The molecule has 0 spiro atoms. The second kappa shape index (κ2) is 11.0. The first kappa shape index (κ1) is 26.2. The van der Waals surface area contributed by atoms with Gasteiger partial charge in [-0.2, -0.15) is 4.37 Å². The highest BCUT2D eigenvalue weighted by atomic mass is 32.1. The third-order valence-electron chi connectivity index (χ3n) is 6.53. The molecule has 3 aromatic rings. The van der Waals surface area contributed by atoms with Crippen molar-refractivity contribution in [3.05, 3.63) is 69.7 Å². The maximum atomic E-state index is 14.1. The van der Waals surface area contributed by atoms with E-state index in [9.17, 15) is 19.5 Å². The largest absolute Gasteiger partial charge is 0.508 e. The Morgan fingerprint density at radius 3 is 2.24 bits per heavy atom. The average molecular weight is 522 g/mol. The normalized spacial score (nSPS) is 14.6. The number of benzene rings is 2. The summed E-state index contributed by atoms with van der Waals surface area (Å²) < 4.78 is 3.99. The van der Waals surface area contributed by atoms with E-state index >= 15 is 0 Å². The summed E-state index contributed by atoms with van der Waals surface area (Å²) in [5, 5.41) is 13.0. The third-order valence-corrected chi connectivity index (χ3v) is 7.38. The highest BCUT2D eigenvalue weighted by Crippen LogP contribution is 2.35. The number of nitrogens with zero attached hydrogens (tertiary/aromatic N) is 2. The standard InChI is InChI=1S/C27H31N5O4S/c1-15-12-16(2)14-19(13-15)32(27(36)24-21(28)22(25(29)34)31-37-24)23(17-8-10-20(33)11-9-17)26(35)30-18-6-4-3-5-7-18/h8-14,18,23,33H,3-7,28H2,1-2H3,(H2,29,34)(H,30,35)/t23-/m0/s1. The van der Waals surface area contributed by atoms with Crippen LogP contribution in [0.25, 0.3) is 0 Å². The molecule has 0 unspecified atom stereocenters. The number of nitrogen functional groups attached to an aromatic ring is 1. The van der Waals surface area contributed by atoms with Crippen LogP contribution in [0.4, 0.5) is 11.4 Å². The van der Waals surface area contributed by atoms with Gasteiger partial charge in [0.15, 0.2) is 5.69 Å². The first-order valence-corrected chi connectivity index (χ1v) is 13.0. The van der Waals surface area contributed by atoms with Crippen LogP contribution in [-0.2, 0) is 4.79 Å². The fraction of sp³-hybridized carbons (Fsp3) is 0.333. The molecule has 1 saturated carbocycles. The molecular weight excluding hydrogens is 490 g/mol. The number of amides is 3. The quantitative estimate of drug-likeness (QED) is 0.369. The fourth-order valence-corrected chi connectivity index (χ4v) is 5.56. The van der Waals surface area contributed by atoms with Crippen LogP contribution in [0, 0.1) is 13.8 Å². The van der Waals surface area contributed by atoms with Gasteiger partial charge in [-0.15, -0.1) is 0 Å². The van der Waals surface area contributed by atoms with Gasteiger partial charge in [-0.25, -0.2) is 0 Å². The fourth-order valence-electron chi connectivity index (χ4n) is 4.81. The number of carbonyl (C=O) groups excluding carboxylic acids is 3. The molecule has 10 heteroatoms. The topological polar surface area (TPSA) is 152 Å². The summed E-state index contributed by atoms with van der Waals surface area (Å²) in [7, 11) is 0. The lowest BCUT2D eigenvalue weighted by molar-refractivity contribution is -0.123. The first-order valence-electron chi connectivity index (χ1n) is 12.2. The van der Waals surface area contributed by atoms with Crippen molar-refractivity contribution >= 4 is 40.6 Å². The van der Waals surface area contributed by atoms with Crippen molar-refractivity contribution in [1.82, 2.24) is 9.69 Å². The highest BCUT2D eigenvalue weighted by molar-refractivity contribution is 7.09. The maximum Gasteiger partial charge on any atom is 0.273 e. The molecule has 194 valence electrons.